The third-order valence-corrected chi connectivity index (χ3v) is 4.58. The van der Waals surface area contributed by atoms with E-state index in [2.05, 4.69) is 13.8 Å². The van der Waals surface area contributed by atoms with E-state index >= 15 is 0 Å². The molecular formula is C18H22N2O4. The van der Waals surface area contributed by atoms with Crippen molar-refractivity contribution in [2.24, 2.45) is 11.8 Å². The smallest absolute Gasteiger partial charge is 0.265 e. The second-order valence-corrected chi connectivity index (χ2v) is 6.86. The minimum Gasteiger partial charge on any atom is -0.482 e. The zero-order valence-corrected chi connectivity index (χ0v) is 14.0. The molecule has 24 heavy (non-hydrogen) atoms. The fraction of sp³-hybridized carbons (Fsp3) is 0.500. The molecule has 1 saturated heterocycles. The minimum atomic E-state index is -0.267. The highest BCUT2D eigenvalue weighted by Gasteiger charge is 2.31. The van der Waals surface area contributed by atoms with Crippen LogP contribution in [-0.2, 0) is 9.59 Å². The van der Waals surface area contributed by atoms with Gasteiger partial charge in [0.15, 0.2) is 6.61 Å². The lowest BCUT2D eigenvalue weighted by Gasteiger charge is -2.37. The topological polar surface area (TPSA) is 66.9 Å². The van der Waals surface area contributed by atoms with Gasteiger partial charge in [0.25, 0.3) is 5.91 Å². The van der Waals surface area contributed by atoms with E-state index in [1.54, 1.807) is 18.2 Å². The molecule has 6 heteroatoms. The van der Waals surface area contributed by atoms with Gasteiger partial charge in [-0.2, -0.15) is 0 Å². The van der Waals surface area contributed by atoms with Crippen LogP contribution >= 0.6 is 0 Å². The van der Waals surface area contributed by atoms with Gasteiger partial charge in [0.2, 0.25) is 5.91 Å². The lowest BCUT2D eigenvalue weighted by atomic mass is 9.92. The quantitative estimate of drug-likeness (QED) is 0.792. The Kier molecular flexibility index (Phi) is 4.55. The Bertz CT molecular complexity index is 663. The molecule has 6 nitrogen and oxygen atoms in total. The summed E-state index contributed by atoms with van der Waals surface area (Å²) in [7, 11) is 0. The van der Waals surface area contributed by atoms with E-state index in [1.165, 1.54) is 4.90 Å². The highest BCUT2D eigenvalue weighted by molar-refractivity contribution is 6.02. The molecule has 2 atom stereocenters. The number of nitrogens with zero attached hydrogens (tertiary/aromatic N) is 2. The Morgan fingerprint density at radius 1 is 1.29 bits per heavy atom. The van der Waals surface area contributed by atoms with Crippen molar-refractivity contribution in [2.45, 2.75) is 20.3 Å². The molecule has 0 N–H and O–H groups in total. The molecule has 2 aliphatic heterocycles. The van der Waals surface area contributed by atoms with E-state index < -0.39 is 0 Å². The van der Waals surface area contributed by atoms with Gasteiger partial charge in [0.05, 0.1) is 5.69 Å². The molecule has 0 saturated carbocycles. The molecule has 2 unspecified atom stereocenters. The van der Waals surface area contributed by atoms with Gasteiger partial charge < -0.3 is 9.64 Å². The Balaban J connectivity index is 1.80. The second-order valence-electron chi connectivity index (χ2n) is 6.86. The van der Waals surface area contributed by atoms with Crippen molar-refractivity contribution in [2.75, 3.05) is 31.1 Å². The van der Waals surface area contributed by atoms with Gasteiger partial charge in [-0.25, -0.2) is 0 Å². The summed E-state index contributed by atoms with van der Waals surface area (Å²) in [5.74, 6) is 1.12. The summed E-state index contributed by atoms with van der Waals surface area (Å²) in [6, 6.07) is 4.89. The van der Waals surface area contributed by atoms with Crippen LogP contribution < -0.4 is 9.64 Å². The third kappa shape index (κ3) is 3.27. The van der Waals surface area contributed by atoms with Gasteiger partial charge in [0, 0.05) is 18.7 Å². The first-order chi connectivity index (χ1) is 11.5. The number of ether oxygens (including phenoxy) is 1. The molecule has 1 aromatic carbocycles. The average molecular weight is 330 g/mol. The summed E-state index contributed by atoms with van der Waals surface area (Å²) in [4.78, 5) is 39.2. The number of anilines is 1. The fourth-order valence-electron chi connectivity index (χ4n) is 3.57. The predicted octanol–water partition coefficient (Wildman–Crippen LogP) is 1.73. The SMILES string of the molecule is CC1CC(C)CN(C(=O)CN2C(=O)COc3ccc(C=O)cc32)C1. The number of amides is 2. The molecule has 0 bridgehead atoms. The van der Waals surface area contributed by atoms with Gasteiger partial charge in [-0.3, -0.25) is 19.3 Å². The lowest BCUT2D eigenvalue weighted by molar-refractivity contribution is -0.134. The number of hydrogen-bond donors (Lipinski definition) is 0. The Morgan fingerprint density at radius 2 is 2.00 bits per heavy atom. The van der Waals surface area contributed by atoms with Gasteiger partial charge in [-0.1, -0.05) is 13.8 Å². The third-order valence-electron chi connectivity index (χ3n) is 4.58. The lowest BCUT2D eigenvalue weighted by Crippen LogP contribution is -2.50. The first-order valence-electron chi connectivity index (χ1n) is 8.28. The number of benzene rings is 1. The Morgan fingerprint density at radius 3 is 2.67 bits per heavy atom. The molecule has 1 aromatic rings. The van der Waals surface area contributed by atoms with Crippen molar-refractivity contribution in [3.05, 3.63) is 23.8 Å². The molecule has 0 radical (unpaired) electrons. The standard InChI is InChI=1S/C18H22N2O4/c1-12-5-13(2)8-19(7-12)17(22)9-20-15-6-14(10-21)3-4-16(15)24-11-18(20)23/h3-4,6,10,12-13H,5,7-9,11H2,1-2H3. The largest absolute Gasteiger partial charge is 0.482 e. The van der Waals surface area contributed by atoms with Crippen LogP contribution in [0.15, 0.2) is 18.2 Å². The number of hydrogen-bond acceptors (Lipinski definition) is 4. The molecular weight excluding hydrogens is 308 g/mol. The number of rotatable bonds is 3. The molecule has 3 rings (SSSR count). The number of piperidine rings is 1. The summed E-state index contributed by atoms with van der Waals surface area (Å²) < 4.78 is 5.39. The zero-order valence-electron chi connectivity index (χ0n) is 14.0. The zero-order chi connectivity index (χ0) is 17.3. The summed E-state index contributed by atoms with van der Waals surface area (Å²) in [5.41, 5.74) is 0.937. The van der Waals surface area contributed by atoms with Crippen molar-refractivity contribution in [1.82, 2.24) is 4.90 Å². The molecule has 0 spiro atoms. The fourth-order valence-corrected chi connectivity index (χ4v) is 3.57. The van der Waals surface area contributed by atoms with Crippen LogP contribution in [0, 0.1) is 11.8 Å². The van der Waals surface area contributed by atoms with Crippen molar-refractivity contribution >= 4 is 23.8 Å². The average Bonchev–Trinajstić information content (AvgIpc) is 2.56. The number of aldehydes is 1. The van der Waals surface area contributed by atoms with Crippen molar-refractivity contribution in [3.8, 4) is 5.75 Å². The van der Waals surface area contributed by atoms with Crippen LogP contribution in [0.1, 0.15) is 30.6 Å². The molecule has 0 aromatic heterocycles. The van der Waals surface area contributed by atoms with E-state index in [-0.39, 0.29) is 25.0 Å². The molecule has 128 valence electrons. The normalized spacial score (nSPS) is 23.5. The molecule has 2 aliphatic rings. The van der Waals surface area contributed by atoms with Crippen molar-refractivity contribution in [3.63, 3.8) is 0 Å². The molecule has 1 fully saturated rings. The minimum absolute atomic E-state index is 0.0169. The molecule has 0 aliphatic carbocycles. The van der Waals surface area contributed by atoms with Crippen LogP contribution in [0.2, 0.25) is 0 Å². The van der Waals surface area contributed by atoms with Crippen LogP contribution in [0.5, 0.6) is 5.75 Å². The number of likely N-dealkylation sites (tertiary alicyclic amines) is 1. The summed E-state index contributed by atoms with van der Waals surface area (Å²) >= 11 is 0. The maximum absolute atomic E-state index is 12.7. The summed E-state index contributed by atoms with van der Waals surface area (Å²) in [6.07, 6.45) is 1.83. The first kappa shape index (κ1) is 16.5. The van der Waals surface area contributed by atoms with E-state index in [0.717, 1.165) is 19.5 Å². The monoisotopic (exact) mass is 330 g/mol. The van der Waals surface area contributed by atoms with E-state index in [1.807, 2.05) is 4.90 Å². The highest BCUT2D eigenvalue weighted by Crippen LogP contribution is 2.33. The number of carbonyl (C=O) groups is 3. The predicted molar refractivity (Wildman–Crippen MR) is 89.2 cm³/mol. The van der Waals surface area contributed by atoms with Crippen molar-refractivity contribution < 1.29 is 19.1 Å². The van der Waals surface area contributed by atoms with E-state index in [0.29, 0.717) is 35.1 Å². The Labute approximate surface area is 141 Å². The maximum Gasteiger partial charge on any atom is 0.265 e. The highest BCUT2D eigenvalue weighted by atomic mass is 16.5. The van der Waals surface area contributed by atoms with Gasteiger partial charge >= 0.3 is 0 Å². The summed E-state index contributed by atoms with van der Waals surface area (Å²) in [5, 5.41) is 0. The molecule has 2 heterocycles. The number of fused-ring (bicyclic) bond motifs is 1. The second kappa shape index (κ2) is 6.63. The van der Waals surface area contributed by atoms with E-state index in [4.69, 9.17) is 4.74 Å². The van der Waals surface area contributed by atoms with E-state index in [9.17, 15) is 14.4 Å². The van der Waals surface area contributed by atoms with Crippen LogP contribution in [0.3, 0.4) is 0 Å². The maximum atomic E-state index is 12.7. The van der Waals surface area contributed by atoms with Crippen molar-refractivity contribution in [1.29, 1.82) is 0 Å². The van der Waals surface area contributed by atoms with Crippen LogP contribution in [-0.4, -0.2) is 49.2 Å². The Hall–Kier alpha value is -2.37. The van der Waals surface area contributed by atoms with Crippen LogP contribution in [0.25, 0.3) is 0 Å². The van der Waals surface area contributed by atoms with Gasteiger partial charge in [-0.05, 0) is 36.5 Å². The number of carbonyl (C=O) groups excluding carboxylic acids is 3. The molecule has 2 amide bonds. The van der Waals surface area contributed by atoms with Crippen LogP contribution in [0.4, 0.5) is 5.69 Å². The van der Waals surface area contributed by atoms with Gasteiger partial charge in [-0.15, -0.1) is 0 Å². The first-order valence-corrected chi connectivity index (χ1v) is 8.28. The summed E-state index contributed by atoms with van der Waals surface area (Å²) in [6.45, 7) is 5.62. The van der Waals surface area contributed by atoms with Gasteiger partial charge in [0.1, 0.15) is 18.6 Å².